The first-order chi connectivity index (χ1) is 28.3. The van der Waals surface area contributed by atoms with Gasteiger partial charge in [-0.2, -0.15) is 0 Å². The van der Waals surface area contributed by atoms with Crippen molar-refractivity contribution in [2.45, 2.75) is 27.7 Å². The summed E-state index contributed by atoms with van der Waals surface area (Å²) in [4.78, 5) is 35.5. The molecule has 0 fully saturated rings. The number of benzene rings is 1. The summed E-state index contributed by atoms with van der Waals surface area (Å²) in [5.41, 5.74) is 7.37. The number of pyridine rings is 6. The molecule has 342 valence electrons. The van der Waals surface area contributed by atoms with Crippen LogP contribution in [0, 0.1) is 13.8 Å². The summed E-state index contributed by atoms with van der Waals surface area (Å²) in [5, 5.41) is 1.94. The van der Waals surface area contributed by atoms with E-state index in [1.54, 1.807) is 24.8 Å². The Morgan fingerprint density at radius 1 is 0.460 bits per heavy atom. The molecule has 7 heterocycles. The molecule has 0 aliphatic carbocycles. The molecule has 0 saturated heterocycles. The van der Waals surface area contributed by atoms with Gasteiger partial charge in [0.2, 0.25) is 0 Å². The normalized spacial score (nSPS) is 13.7. The van der Waals surface area contributed by atoms with Crippen molar-refractivity contribution >= 4 is 43.2 Å². The van der Waals surface area contributed by atoms with Gasteiger partial charge < -0.3 is 14.3 Å². The Balaban J connectivity index is 0.000000279. The van der Waals surface area contributed by atoms with E-state index >= 15 is 0 Å². The second kappa shape index (κ2) is 19.9. The minimum absolute atomic E-state index is 0. The number of carbonyl (C=O) groups excluding carboxylic acids is 1. The van der Waals surface area contributed by atoms with Gasteiger partial charge in [-0.1, -0.05) is 24.3 Å². The number of hydrogen-bond donors (Lipinski definition) is 0. The number of nitrogens with zero attached hydrogens (tertiary/aromatic N) is 6. The van der Waals surface area contributed by atoms with E-state index < -0.39 is 15.6 Å². The van der Waals surface area contributed by atoms with E-state index in [9.17, 15) is 55.2 Å². The molecular formula is C39H36F12N6O3P2Ru. The third kappa shape index (κ3) is 24.1. The number of ether oxygens (including phenoxy) is 2. The minimum Gasteiger partial charge on any atom is -0.255 e. The number of halogens is 12. The van der Waals surface area contributed by atoms with E-state index in [1.165, 1.54) is 13.8 Å². The van der Waals surface area contributed by atoms with Crippen LogP contribution in [0.1, 0.15) is 25.2 Å². The van der Waals surface area contributed by atoms with Gasteiger partial charge in [-0.15, -0.1) is 0 Å². The molecular weight excluding hydrogens is 991 g/mol. The van der Waals surface area contributed by atoms with Crippen LogP contribution >= 0.6 is 15.6 Å². The summed E-state index contributed by atoms with van der Waals surface area (Å²) < 4.78 is 130. The number of aryl methyl sites for hydroxylation is 2. The van der Waals surface area contributed by atoms with Crippen LogP contribution in [0.4, 0.5) is 50.4 Å². The van der Waals surface area contributed by atoms with Crippen LogP contribution in [0.3, 0.4) is 0 Å². The van der Waals surface area contributed by atoms with E-state index in [-0.39, 0.29) is 25.3 Å². The predicted octanol–water partition coefficient (Wildman–Crippen LogP) is 14.8. The topological polar surface area (TPSA) is 113 Å². The van der Waals surface area contributed by atoms with Crippen molar-refractivity contribution in [2.24, 2.45) is 0 Å². The summed E-state index contributed by atoms with van der Waals surface area (Å²) in [5.74, 6) is 1.74. The molecule has 6 aromatic heterocycles. The van der Waals surface area contributed by atoms with Gasteiger partial charge in [-0.3, -0.25) is 29.9 Å². The smallest absolute Gasteiger partial charge is 0.255 e. The zero-order valence-corrected chi connectivity index (χ0v) is 36.7. The summed E-state index contributed by atoms with van der Waals surface area (Å²) >= 11 is 0. The van der Waals surface area contributed by atoms with E-state index in [0.717, 1.165) is 67.5 Å². The van der Waals surface area contributed by atoms with Gasteiger partial charge in [0, 0.05) is 46.9 Å². The fourth-order valence-electron chi connectivity index (χ4n) is 4.72. The van der Waals surface area contributed by atoms with Gasteiger partial charge in [0.1, 0.15) is 30.0 Å². The van der Waals surface area contributed by atoms with E-state index in [1.807, 2.05) is 111 Å². The van der Waals surface area contributed by atoms with Crippen molar-refractivity contribution in [1.29, 1.82) is 0 Å². The molecule has 0 radical (unpaired) electrons. The average molecular weight is 1030 g/mol. The number of aromatic nitrogens is 6. The van der Waals surface area contributed by atoms with E-state index in [0.29, 0.717) is 13.2 Å². The summed E-state index contributed by atoms with van der Waals surface area (Å²) in [6, 6.07) is 31.2. The quantitative estimate of drug-likeness (QED) is 0.0723. The van der Waals surface area contributed by atoms with Crippen LogP contribution in [-0.2, 0) is 24.3 Å². The Morgan fingerprint density at radius 2 is 0.698 bits per heavy atom. The monoisotopic (exact) mass is 1030 g/mol. The van der Waals surface area contributed by atoms with Gasteiger partial charge in [-0.25, -0.2) is 0 Å². The number of carbonyl (C=O) groups is 1. The number of Topliss-reactive ketones (excluding diaryl/α,β-unsaturated/α-hetero) is 1. The van der Waals surface area contributed by atoms with Crippen molar-refractivity contribution in [3.8, 4) is 34.3 Å². The largest absolute Gasteiger partial charge is 2.00 e. The van der Waals surface area contributed by atoms with Crippen molar-refractivity contribution in [3.05, 3.63) is 133 Å². The van der Waals surface area contributed by atoms with Gasteiger partial charge >= 0.3 is 85.5 Å². The average Bonchev–Trinajstić information content (AvgIpc) is 3.17. The molecule has 0 saturated carbocycles. The van der Waals surface area contributed by atoms with Crippen LogP contribution in [-0.4, -0.2) is 48.9 Å². The number of rotatable bonds is 2. The fourth-order valence-corrected chi connectivity index (χ4v) is 4.72. The zero-order valence-electron chi connectivity index (χ0n) is 33.2. The molecule has 0 N–H and O–H groups in total. The van der Waals surface area contributed by atoms with Gasteiger partial charge in [0.25, 0.3) is 0 Å². The first kappa shape index (κ1) is 53.7. The zero-order chi connectivity index (χ0) is 46.5. The third-order valence-corrected chi connectivity index (χ3v) is 6.75. The van der Waals surface area contributed by atoms with E-state index in [2.05, 4.69) is 29.9 Å². The molecule has 0 bridgehead atoms. The van der Waals surface area contributed by atoms with Gasteiger partial charge in [0.15, 0.2) is 11.5 Å². The number of ketones is 1. The molecule has 0 amide bonds. The Kier molecular flexibility index (Phi) is 17.0. The van der Waals surface area contributed by atoms with Crippen LogP contribution in [0.25, 0.3) is 44.6 Å². The molecule has 24 heteroatoms. The molecule has 9 nitrogen and oxygen atoms in total. The van der Waals surface area contributed by atoms with E-state index in [4.69, 9.17) is 9.47 Å². The van der Waals surface area contributed by atoms with Crippen molar-refractivity contribution < 1.29 is 84.1 Å². The van der Waals surface area contributed by atoms with Crippen molar-refractivity contribution in [1.82, 2.24) is 29.9 Å². The Morgan fingerprint density at radius 3 is 0.905 bits per heavy atom. The molecule has 7 aromatic rings. The molecule has 1 aromatic carbocycles. The maximum atomic E-state index is 9.87. The van der Waals surface area contributed by atoms with Crippen LogP contribution in [0.15, 0.2) is 122 Å². The Bertz CT molecular complexity index is 2300. The van der Waals surface area contributed by atoms with Crippen molar-refractivity contribution in [2.75, 3.05) is 13.2 Å². The summed E-state index contributed by atoms with van der Waals surface area (Å²) in [6.45, 7) is 8.16. The van der Waals surface area contributed by atoms with Gasteiger partial charge in [0.05, 0.1) is 22.8 Å². The maximum Gasteiger partial charge on any atom is 2.00 e. The SMILES string of the molecule is CC(C)=O.Cc1ccc2c3c(c4ccc(C)nc4c2n1)OCCO3.F[P-](F)(F)(F)(F)F.F[P-](F)(F)(F)(F)F.[Ru+2].c1ccc(-c2ccccn2)nc1.c1ccc(-c2ccccn2)nc1. The fraction of sp³-hybridized carbons (Fsp3) is 0.154. The van der Waals surface area contributed by atoms with Crippen LogP contribution in [0.2, 0.25) is 0 Å². The number of fused-ring (bicyclic) bond motifs is 6. The Hall–Kier alpha value is -5.45. The van der Waals surface area contributed by atoms with Crippen LogP contribution < -0.4 is 9.47 Å². The second-order valence-corrected chi connectivity index (χ2v) is 16.6. The van der Waals surface area contributed by atoms with Gasteiger partial charge in [-0.05, 0) is 100 Å². The van der Waals surface area contributed by atoms with Crippen molar-refractivity contribution in [3.63, 3.8) is 0 Å². The first-order valence-corrected chi connectivity index (χ1v) is 21.6. The molecule has 63 heavy (non-hydrogen) atoms. The number of hydrogen-bond acceptors (Lipinski definition) is 9. The molecule has 1 aliphatic heterocycles. The maximum absolute atomic E-state index is 10.7. The predicted molar refractivity (Wildman–Crippen MR) is 216 cm³/mol. The summed E-state index contributed by atoms with van der Waals surface area (Å²) in [6.07, 6.45) is 7.07. The molecule has 0 atom stereocenters. The second-order valence-electron chi connectivity index (χ2n) is 12.7. The Labute approximate surface area is 364 Å². The summed E-state index contributed by atoms with van der Waals surface area (Å²) in [7, 11) is -21.3. The van der Waals surface area contributed by atoms with Crippen LogP contribution in [0.5, 0.6) is 11.5 Å². The third-order valence-electron chi connectivity index (χ3n) is 6.75. The minimum atomic E-state index is -10.7. The molecule has 0 spiro atoms. The molecule has 8 rings (SSSR count). The first-order valence-electron chi connectivity index (χ1n) is 17.5. The molecule has 0 unspecified atom stereocenters. The molecule has 1 aliphatic rings. The standard InChI is InChI=1S/C16H14N2O2.2C10H8N2.C3H6O.2F6P.Ru/c1-9-3-5-11-13(17-9)14-12(6-4-10(2)18-14)16-15(11)19-7-8-20-16;2*1-3-7-11-9(5-1)10-6-2-4-8-12-10;1-3(2)4;2*1-7(2,3,4,5)6;/h3-6H,7-8H2,1-2H3;2*1-8H;1-2H3;;;/q;;;;2*-1;+2.